The van der Waals surface area contributed by atoms with Gasteiger partial charge in [-0.15, -0.1) is 0 Å². The fourth-order valence-electron chi connectivity index (χ4n) is 5.63. The van der Waals surface area contributed by atoms with Crippen LogP contribution in [0.4, 0.5) is 0 Å². The summed E-state index contributed by atoms with van der Waals surface area (Å²) in [7, 11) is 3.16. The number of aromatic nitrogens is 1. The van der Waals surface area contributed by atoms with Gasteiger partial charge < -0.3 is 28.1 Å². The minimum Gasteiger partial charge on any atom is -0.493 e. The van der Waals surface area contributed by atoms with E-state index in [-0.39, 0.29) is 12.5 Å². The standard InChI is InChI=1S/C33H29ClN2O7/c1-18-13-30(37)42-27-15-21(9-10-22(18)27)41-17-26-24-16-29(40-4)28(39-3)14-20(24)11-12-36(26)33(38)31-19(2)43-35-32(31)23-7-5-6-8-25(23)34/h5-10,13-16,26H,11-12,17H2,1-4H3. The minimum atomic E-state index is -0.510. The van der Waals surface area contributed by atoms with Crippen molar-refractivity contribution in [2.45, 2.75) is 26.3 Å². The molecule has 0 spiro atoms. The first-order chi connectivity index (χ1) is 20.8. The molecular formula is C33H29ClN2O7. The molecule has 1 atom stereocenters. The highest BCUT2D eigenvalue weighted by molar-refractivity contribution is 6.33. The van der Waals surface area contributed by atoms with E-state index in [1.54, 1.807) is 44.2 Å². The summed E-state index contributed by atoms with van der Waals surface area (Å²) >= 11 is 6.49. The third-order valence-electron chi connectivity index (χ3n) is 7.80. The predicted octanol–water partition coefficient (Wildman–Crippen LogP) is 6.55. The molecule has 0 aliphatic carbocycles. The van der Waals surface area contributed by atoms with E-state index in [4.69, 9.17) is 34.8 Å². The van der Waals surface area contributed by atoms with Gasteiger partial charge in [0.1, 0.15) is 35.0 Å². The van der Waals surface area contributed by atoms with Crippen LogP contribution < -0.4 is 19.8 Å². The van der Waals surface area contributed by atoms with Crippen molar-refractivity contribution in [3.63, 3.8) is 0 Å². The first kappa shape index (κ1) is 28.4. The predicted molar refractivity (Wildman–Crippen MR) is 161 cm³/mol. The number of carbonyl (C=O) groups is 1. The number of fused-ring (bicyclic) bond motifs is 2. The third-order valence-corrected chi connectivity index (χ3v) is 8.13. The van der Waals surface area contributed by atoms with Crippen molar-refractivity contribution in [2.75, 3.05) is 27.4 Å². The second-order valence-electron chi connectivity index (χ2n) is 10.3. The maximum Gasteiger partial charge on any atom is 0.336 e. The Morgan fingerprint density at radius 2 is 1.81 bits per heavy atom. The van der Waals surface area contributed by atoms with Crippen LogP contribution in [0.5, 0.6) is 17.2 Å². The Morgan fingerprint density at radius 3 is 2.58 bits per heavy atom. The largest absolute Gasteiger partial charge is 0.493 e. The van der Waals surface area contributed by atoms with Crippen molar-refractivity contribution in [1.82, 2.24) is 10.1 Å². The first-order valence-electron chi connectivity index (χ1n) is 13.7. The van der Waals surface area contributed by atoms with Gasteiger partial charge in [-0.1, -0.05) is 35.0 Å². The molecule has 5 aromatic rings. The van der Waals surface area contributed by atoms with Crippen molar-refractivity contribution in [3.05, 3.63) is 104 Å². The van der Waals surface area contributed by atoms with E-state index in [0.29, 0.717) is 63.4 Å². The van der Waals surface area contributed by atoms with Crippen LogP contribution in [0, 0.1) is 13.8 Å². The van der Waals surface area contributed by atoms with Gasteiger partial charge in [-0.25, -0.2) is 4.79 Å². The number of amides is 1. The molecule has 0 N–H and O–H groups in total. The molecule has 3 aromatic carbocycles. The fraction of sp³-hybridized carbons (Fsp3) is 0.242. The summed E-state index contributed by atoms with van der Waals surface area (Å²) in [5, 5.41) is 5.49. The molecule has 1 aliphatic rings. The molecule has 0 saturated heterocycles. The number of rotatable bonds is 7. The summed E-state index contributed by atoms with van der Waals surface area (Å²) in [4.78, 5) is 28.1. The maximum absolute atomic E-state index is 14.4. The van der Waals surface area contributed by atoms with Crippen LogP contribution in [0.1, 0.15) is 38.9 Å². The SMILES string of the molecule is COc1cc2c(cc1OC)C(COc1ccc3c(C)cc(=O)oc3c1)N(C(=O)c1c(-c3ccccc3Cl)noc1C)CC2. The van der Waals surface area contributed by atoms with Gasteiger partial charge >= 0.3 is 5.63 Å². The third kappa shape index (κ3) is 5.21. The Hall–Kier alpha value is -4.76. The number of hydrogen-bond donors (Lipinski definition) is 0. The van der Waals surface area contributed by atoms with E-state index in [9.17, 15) is 9.59 Å². The molecule has 2 aromatic heterocycles. The molecule has 9 nitrogen and oxygen atoms in total. The van der Waals surface area contributed by atoms with Crippen LogP contribution >= 0.6 is 11.6 Å². The highest BCUT2D eigenvalue weighted by Crippen LogP contribution is 2.40. The topological polar surface area (TPSA) is 104 Å². The molecule has 1 unspecified atom stereocenters. The Morgan fingerprint density at radius 1 is 1.05 bits per heavy atom. The normalized spacial score (nSPS) is 14.4. The summed E-state index contributed by atoms with van der Waals surface area (Å²) in [6, 6.07) is 17.3. The quantitative estimate of drug-likeness (QED) is 0.194. The zero-order valence-electron chi connectivity index (χ0n) is 24.1. The number of ether oxygens (including phenoxy) is 3. The Labute approximate surface area is 252 Å². The fourth-order valence-corrected chi connectivity index (χ4v) is 5.85. The maximum atomic E-state index is 14.4. The zero-order valence-corrected chi connectivity index (χ0v) is 24.9. The van der Waals surface area contributed by atoms with Gasteiger partial charge in [-0.2, -0.15) is 0 Å². The van der Waals surface area contributed by atoms with Gasteiger partial charge in [0.15, 0.2) is 11.5 Å². The van der Waals surface area contributed by atoms with E-state index in [1.807, 2.05) is 43.3 Å². The van der Waals surface area contributed by atoms with Crippen LogP contribution in [0.3, 0.4) is 0 Å². The summed E-state index contributed by atoms with van der Waals surface area (Å²) in [6.45, 7) is 4.09. The van der Waals surface area contributed by atoms with Crippen molar-refractivity contribution in [2.24, 2.45) is 0 Å². The highest BCUT2D eigenvalue weighted by atomic mass is 35.5. The van der Waals surface area contributed by atoms with Gasteiger partial charge in [-0.3, -0.25) is 4.79 Å². The molecular weight excluding hydrogens is 572 g/mol. The highest BCUT2D eigenvalue weighted by Gasteiger charge is 2.36. The lowest BCUT2D eigenvalue weighted by Crippen LogP contribution is -2.43. The molecule has 3 heterocycles. The van der Waals surface area contributed by atoms with Crippen molar-refractivity contribution in [3.8, 4) is 28.5 Å². The second-order valence-corrected chi connectivity index (χ2v) is 10.7. The molecule has 1 amide bonds. The number of halogens is 1. The molecule has 1 aliphatic heterocycles. The second kappa shape index (κ2) is 11.5. The van der Waals surface area contributed by atoms with Gasteiger partial charge in [-0.05, 0) is 67.3 Å². The van der Waals surface area contributed by atoms with Gasteiger partial charge in [0.05, 0.1) is 25.3 Å². The molecule has 0 saturated carbocycles. The summed E-state index contributed by atoms with van der Waals surface area (Å²) in [6.07, 6.45) is 0.587. The lowest BCUT2D eigenvalue weighted by Gasteiger charge is -2.37. The van der Waals surface area contributed by atoms with Crippen molar-refractivity contribution >= 4 is 28.5 Å². The molecule has 6 rings (SSSR count). The lowest BCUT2D eigenvalue weighted by molar-refractivity contribution is 0.0588. The van der Waals surface area contributed by atoms with E-state index in [1.165, 1.54) is 6.07 Å². The van der Waals surface area contributed by atoms with Crippen LogP contribution in [0.25, 0.3) is 22.2 Å². The zero-order chi connectivity index (χ0) is 30.2. The molecule has 0 bridgehead atoms. The van der Waals surface area contributed by atoms with E-state index in [0.717, 1.165) is 22.1 Å². The number of methoxy groups -OCH3 is 2. The Bertz CT molecular complexity index is 1910. The lowest BCUT2D eigenvalue weighted by atomic mass is 9.91. The number of nitrogens with zero attached hydrogens (tertiary/aromatic N) is 2. The Kier molecular flexibility index (Phi) is 7.58. The monoisotopic (exact) mass is 600 g/mol. The van der Waals surface area contributed by atoms with E-state index >= 15 is 0 Å². The number of carbonyl (C=O) groups excluding carboxylic acids is 1. The van der Waals surface area contributed by atoms with E-state index in [2.05, 4.69) is 5.16 Å². The average molecular weight is 601 g/mol. The number of benzene rings is 3. The van der Waals surface area contributed by atoms with Crippen LogP contribution in [0.2, 0.25) is 5.02 Å². The van der Waals surface area contributed by atoms with E-state index < -0.39 is 11.7 Å². The first-order valence-corrected chi connectivity index (χ1v) is 14.1. The van der Waals surface area contributed by atoms with Crippen LogP contribution in [-0.4, -0.2) is 43.3 Å². The number of aryl methyl sites for hydroxylation is 2. The molecule has 0 fully saturated rings. The minimum absolute atomic E-state index is 0.113. The smallest absolute Gasteiger partial charge is 0.336 e. The number of hydrogen-bond acceptors (Lipinski definition) is 8. The molecule has 10 heteroatoms. The van der Waals surface area contributed by atoms with Crippen LogP contribution in [-0.2, 0) is 6.42 Å². The molecule has 0 radical (unpaired) electrons. The molecule has 220 valence electrons. The summed E-state index contributed by atoms with van der Waals surface area (Å²) in [5.41, 5.74) is 4.02. The van der Waals surface area contributed by atoms with Crippen molar-refractivity contribution < 1.29 is 27.9 Å². The molecule has 43 heavy (non-hydrogen) atoms. The summed E-state index contributed by atoms with van der Waals surface area (Å²) < 4.78 is 28.4. The van der Waals surface area contributed by atoms with Gasteiger partial charge in [0, 0.05) is 29.6 Å². The Balaban J connectivity index is 1.41. The van der Waals surface area contributed by atoms with Gasteiger partial charge in [0.25, 0.3) is 5.91 Å². The van der Waals surface area contributed by atoms with Crippen molar-refractivity contribution in [1.29, 1.82) is 0 Å². The average Bonchev–Trinajstić information content (AvgIpc) is 3.39. The van der Waals surface area contributed by atoms with Crippen LogP contribution in [0.15, 0.2) is 74.4 Å². The summed E-state index contributed by atoms with van der Waals surface area (Å²) in [5.74, 6) is 1.78. The van der Waals surface area contributed by atoms with Gasteiger partial charge in [0.2, 0.25) is 0 Å².